The minimum Gasteiger partial charge on any atom is -0.465 e. The lowest BCUT2D eigenvalue weighted by atomic mass is 9.93. The molecule has 3 fully saturated rings. The number of thiazole rings is 1. The molecule has 2 saturated heterocycles. The van der Waals surface area contributed by atoms with Gasteiger partial charge >= 0.3 is 6.09 Å². The Morgan fingerprint density at radius 3 is 2.31 bits per heavy atom. The highest BCUT2D eigenvalue weighted by molar-refractivity contribution is 7.19. The summed E-state index contributed by atoms with van der Waals surface area (Å²) in [6.45, 7) is 3.77. The number of nitrogens with zero attached hydrogens (tertiary/aromatic N) is 5. The lowest BCUT2D eigenvalue weighted by molar-refractivity contribution is -0.138. The Kier molecular flexibility index (Phi) is 5.97. The first-order valence-corrected chi connectivity index (χ1v) is 13.9. The van der Waals surface area contributed by atoms with Crippen molar-refractivity contribution in [3.05, 3.63) is 17.0 Å². The fourth-order valence-corrected chi connectivity index (χ4v) is 7.11. The summed E-state index contributed by atoms with van der Waals surface area (Å²) in [5.74, 6) is 0.536. The quantitative estimate of drug-likeness (QED) is 0.647. The first kappa shape index (κ1) is 23.4. The van der Waals surface area contributed by atoms with Gasteiger partial charge in [0.2, 0.25) is 11.8 Å². The molecule has 192 valence electrons. The van der Waals surface area contributed by atoms with Crippen LogP contribution in [-0.2, 0) is 22.4 Å². The van der Waals surface area contributed by atoms with Crippen LogP contribution in [0.2, 0.25) is 0 Å². The van der Waals surface area contributed by atoms with Gasteiger partial charge in [-0.3, -0.25) is 14.3 Å². The van der Waals surface area contributed by atoms with E-state index >= 15 is 0 Å². The van der Waals surface area contributed by atoms with E-state index in [1.54, 1.807) is 11.3 Å². The van der Waals surface area contributed by atoms with Gasteiger partial charge in [0.1, 0.15) is 0 Å². The molecule has 4 aliphatic rings. The highest BCUT2D eigenvalue weighted by Crippen LogP contribution is 2.49. The molecule has 0 unspecified atom stereocenters. The number of piperidine rings is 2. The number of amides is 3. The number of fused-ring (bicyclic) bond motifs is 3. The highest BCUT2D eigenvalue weighted by atomic mass is 32.1. The number of anilines is 1. The van der Waals surface area contributed by atoms with Gasteiger partial charge in [0.15, 0.2) is 5.13 Å². The molecule has 6 rings (SSSR count). The predicted molar refractivity (Wildman–Crippen MR) is 134 cm³/mol. The molecule has 11 heteroatoms. The normalized spacial score (nSPS) is 20.7. The molecule has 2 aliphatic carbocycles. The summed E-state index contributed by atoms with van der Waals surface area (Å²) in [6.07, 6.45) is 6.22. The van der Waals surface area contributed by atoms with E-state index in [1.165, 1.54) is 41.6 Å². The molecule has 0 bridgehead atoms. The van der Waals surface area contributed by atoms with E-state index in [4.69, 9.17) is 10.1 Å². The molecule has 0 atom stereocenters. The van der Waals surface area contributed by atoms with Gasteiger partial charge in [-0.25, -0.2) is 9.78 Å². The van der Waals surface area contributed by atoms with Crippen LogP contribution in [0, 0.1) is 5.92 Å². The average molecular weight is 513 g/mol. The molecule has 2 aromatic rings. The summed E-state index contributed by atoms with van der Waals surface area (Å²) in [6, 6.07) is 0.224. The molecule has 10 nitrogen and oxygen atoms in total. The van der Waals surface area contributed by atoms with Crippen molar-refractivity contribution < 1.29 is 19.5 Å². The number of carbonyl (C=O) groups excluding carboxylic acids is 2. The van der Waals surface area contributed by atoms with Crippen molar-refractivity contribution in [3.63, 3.8) is 0 Å². The van der Waals surface area contributed by atoms with E-state index < -0.39 is 6.09 Å². The largest absolute Gasteiger partial charge is 0.465 e. The number of likely N-dealkylation sites (tertiary alicyclic amines) is 2. The van der Waals surface area contributed by atoms with E-state index in [1.807, 2.05) is 4.90 Å². The topological polar surface area (TPSA) is 121 Å². The third-order valence-electron chi connectivity index (χ3n) is 8.05. The smallest absolute Gasteiger partial charge is 0.407 e. The lowest BCUT2D eigenvalue weighted by Gasteiger charge is -2.37. The molecule has 2 aliphatic heterocycles. The van der Waals surface area contributed by atoms with Crippen LogP contribution in [0.1, 0.15) is 74.4 Å². The Bertz CT molecular complexity index is 1200. The van der Waals surface area contributed by atoms with Crippen molar-refractivity contribution >= 4 is 34.4 Å². The number of rotatable bonds is 4. The van der Waals surface area contributed by atoms with Crippen LogP contribution >= 0.6 is 11.3 Å². The molecule has 2 aromatic heterocycles. The number of nitrogens with one attached hydrogen (secondary N) is 1. The van der Waals surface area contributed by atoms with E-state index in [-0.39, 0.29) is 23.8 Å². The van der Waals surface area contributed by atoms with Gasteiger partial charge in [-0.15, -0.1) is 0 Å². The van der Waals surface area contributed by atoms with Crippen LogP contribution in [0.15, 0.2) is 0 Å². The zero-order valence-electron chi connectivity index (χ0n) is 20.5. The standard InChI is InChI=1S/C25H32N6O4S/c1-14(32)26-24-27-19-5-4-18-20(15-2-3-15)28-31(21(18)22(19)36-24)17-8-12-29(13-9-17)23(33)16-6-10-30(11-7-16)25(34)35/h15-17H,2-13H2,1H3,(H,34,35)(H,26,27,32). The van der Waals surface area contributed by atoms with Gasteiger partial charge in [-0.05, 0) is 51.4 Å². The maximum Gasteiger partial charge on any atom is 0.407 e. The van der Waals surface area contributed by atoms with Gasteiger partial charge in [-0.1, -0.05) is 11.3 Å². The zero-order valence-corrected chi connectivity index (χ0v) is 21.4. The maximum atomic E-state index is 13.2. The monoisotopic (exact) mass is 512 g/mol. The fraction of sp³-hybridized carbons (Fsp3) is 0.640. The molecule has 0 aromatic carbocycles. The van der Waals surface area contributed by atoms with Gasteiger partial charge < -0.3 is 20.2 Å². The summed E-state index contributed by atoms with van der Waals surface area (Å²) in [5, 5.41) is 17.8. The molecule has 1 saturated carbocycles. The van der Waals surface area contributed by atoms with Crippen LogP contribution in [0.25, 0.3) is 10.6 Å². The molecule has 0 radical (unpaired) electrons. The van der Waals surface area contributed by atoms with Crippen LogP contribution in [0.4, 0.5) is 9.93 Å². The summed E-state index contributed by atoms with van der Waals surface area (Å²) in [5.41, 5.74) is 4.82. The molecule has 36 heavy (non-hydrogen) atoms. The maximum absolute atomic E-state index is 13.2. The first-order chi connectivity index (χ1) is 17.4. The molecule has 3 amide bonds. The average Bonchev–Trinajstić information content (AvgIpc) is 3.52. The number of hydrogen-bond donors (Lipinski definition) is 2. The number of hydrogen-bond acceptors (Lipinski definition) is 6. The Labute approximate surface area is 213 Å². The van der Waals surface area contributed by atoms with Crippen LogP contribution < -0.4 is 5.32 Å². The van der Waals surface area contributed by atoms with Crippen LogP contribution in [0.3, 0.4) is 0 Å². The van der Waals surface area contributed by atoms with E-state index in [0.29, 0.717) is 50.1 Å². The summed E-state index contributed by atoms with van der Waals surface area (Å²) < 4.78 is 2.23. The number of aromatic nitrogens is 3. The van der Waals surface area contributed by atoms with Crippen molar-refractivity contribution in [3.8, 4) is 10.6 Å². The second-order valence-corrected chi connectivity index (χ2v) is 11.5. The van der Waals surface area contributed by atoms with E-state index in [9.17, 15) is 19.5 Å². The number of carboxylic acid groups (broad SMARTS) is 1. The second-order valence-electron chi connectivity index (χ2n) is 10.5. The molecule has 0 spiro atoms. The van der Waals surface area contributed by atoms with Crippen LogP contribution in [-0.4, -0.2) is 73.8 Å². The van der Waals surface area contributed by atoms with Gasteiger partial charge in [0, 0.05) is 50.5 Å². The van der Waals surface area contributed by atoms with Crippen LogP contribution in [0.5, 0.6) is 0 Å². The van der Waals surface area contributed by atoms with Gasteiger partial charge in [0.05, 0.1) is 28.0 Å². The van der Waals surface area contributed by atoms with Crippen molar-refractivity contribution in [1.29, 1.82) is 0 Å². The Hall–Kier alpha value is -2.95. The Balaban J connectivity index is 1.19. The Morgan fingerprint density at radius 1 is 0.972 bits per heavy atom. The fourth-order valence-electron chi connectivity index (χ4n) is 5.98. The third-order valence-corrected chi connectivity index (χ3v) is 9.07. The van der Waals surface area contributed by atoms with Crippen molar-refractivity contribution in [2.24, 2.45) is 5.92 Å². The summed E-state index contributed by atoms with van der Waals surface area (Å²) in [7, 11) is 0. The Morgan fingerprint density at radius 2 is 1.67 bits per heavy atom. The molecule has 2 N–H and O–H groups in total. The first-order valence-electron chi connectivity index (χ1n) is 13.0. The lowest BCUT2D eigenvalue weighted by Crippen LogP contribution is -2.46. The highest BCUT2D eigenvalue weighted by Gasteiger charge is 2.38. The van der Waals surface area contributed by atoms with E-state index in [2.05, 4.69) is 10.00 Å². The predicted octanol–water partition coefficient (Wildman–Crippen LogP) is 3.49. The minimum atomic E-state index is -0.900. The van der Waals surface area contributed by atoms with Crippen molar-refractivity contribution in [2.75, 3.05) is 31.5 Å². The SMILES string of the molecule is CC(=O)Nc1nc2c(s1)-c1c(c(C3CC3)nn1C1CCN(C(=O)C3CCN(C(=O)O)CC3)CC1)CC2. The minimum absolute atomic E-state index is 0.0805. The second kappa shape index (κ2) is 9.17. The molecular formula is C25H32N6O4S. The summed E-state index contributed by atoms with van der Waals surface area (Å²) in [4.78, 5) is 45.2. The van der Waals surface area contributed by atoms with Crippen molar-refractivity contribution in [1.82, 2.24) is 24.6 Å². The molecule has 4 heterocycles. The molecular weight excluding hydrogens is 480 g/mol. The third kappa shape index (κ3) is 4.27. The van der Waals surface area contributed by atoms with Crippen molar-refractivity contribution in [2.45, 2.75) is 70.3 Å². The van der Waals surface area contributed by atoms with Gasteiger partial charge in [-0.2, -0.15) is 5.10 Å². The number of carbonyl (C=O) groups is 3. The van der Waals surface area contributed by atoms with Gasteiger partial charge in [0.25, 0.3) is 0 Å². The number of aryl methyl sites for hydroxylation is 1. The summed E-state index contributed by atoms with van der Waals surface area (Å²) >= 11 is 1.54. The zero-order chi connectivity index (χ0) is 25.0. The van der Waals surface area contributed by atoms with E-state index in [0.717, 1.165) is 36.3 Å².